The van der Waals surface area contributed by atoms with E-state index in [-0.39, 0.29) is 18.1 Å². The fraction of sp³-hybridized carbons (Fsp3) is 0.650. The van der Waals surface area contributed by atoms with Gasteiger partial charge in [-0.15, -0.1) is 0 Å². The molecule has 132 valence electrons. The minimum absolute atomic E-state index is 0.0201. The third-order valence-corrected chi connectivity index (χ3v) is 6.02. The van der Waals surface area contributed by atoms with Gasteiger partial charge in [-0.2, -0.15) is 0 Å². The molecule has 1 aliphatic carbocycles. The summed E-state index contributed by atoms with van der Waals surface area (Å²) in [6.07, 6.45) is 0.0846. The average Bonchev–Trinajstić information content (AvgIpc) is 2.86. The van der Waals surface area contributed by atoms with Crippen molar-refractivity contribution in [3.8, 4) is 0 Å². The van der Waals surface area contributed by atoms with Crippen molar-refractivity contribution in [3.63, 3.8) is 0 Å². The molecule has 1 saturated carbocycles. The number of carbonyl (C=O) groups excluding carboxylic acids is 1. The molecule has 1 heterocycles. The third-order valence-electron chi connectivity index (χ3n) is 6.02. The minimum Gasteiger partial charge on any atom is -0.388 e. The summed E-state index contributed by atoms with van der Waals surface area (Å²) >= 11 is 0. The molecule has 2 fully saturated rings. The summed E-state index contributed by atoms with van der Waals surface area (Å²) in [5.74, 6) is -1.57. The Bertz CT molecular complexity index is 604. The topological polar surface area (TPSA) is 55.8 Å². The molecular formula is C20H28O4. The van der Waals surface area contributed by atoms with Crippen LogP contribution in [0.2, 0.25) is 0 Å². The highest BCUT2D eigenvalue weighted by atomic mass is 16.8. The SMILES string of the molecule is CC[C@@H]1[C@@H]([C@@H](O)c2ccccc2)C(=O)CC12OC(C)(C)C(C)(C)O2. The van der Waals surface area contributed by atoms with E-state index in [1.54, 1.807) is 0 Å². The van der Waals surface area contributed by atoms with Crippen LogP contribution in [-0.4, -0.2) is 27.9 Å². The summed E-state index contributed by atoms with van der Waals surface area (Å²) in [5.41, 5.74) is -0.219. The zero-order valence-corrected chi connectivity index (χ0v) is 15.2. The van der Waals surface area contributed by atoms with Gasteiger partial charge in [-0.05, 0) is 39.7 Å². The zero-order chi connectivity index (χ0) is 17.8. The van der Waals surface area contributed by atoms with Crippen molar-refractivity contribution in [2.24, 2.45) is 11.8 Å². The highest BCUT2D eigenvalue weighted by Crippen LogP contribution is 2.56. The Labute approximate surface area is 144 Å². The number of carbonyl (C=O) groups is 1. The predicted molar refractivity (Wildman–Crippen MR) is 91.4 cm³/mol. The van der Waals surface area contributed by atoms with Crippen molar-refractivity contribution in [2.75, 3.05) is 0 Å². The summed E-state index contributed by atoms with van der Waals surface area (Å²) in [5, 5.41) is 10.9. The standard InChI is InChI=1S/C20H28O4/c1-6-14-16(17(22)13-10-8-7-9-11-13)15(21)12-20(14)23-18(2,3)19(4,5)24-20/h7-11,14,16-17,22H,6,12H2,1-5H3/t14-,16-,17+/m1/s1. The zero-order valence-electron chi connectivity index (χ0n) is 15.2. The first-order valence-corrected chi connectivity index (χ1v) is 8.79. The maximum absolute atomic E-state index is 12.8. The molecule has 24 heavy (non-hydrogen) atoms. The summed E-state index contributed by atoms with van der Waals surface area (Å²) in [4.78, 5) is 12.8. The van der Waals surface area contributed by atoms with Crippen LogP contribution in [0.4, 0.5) is 0 Å². The fourth-order valence-corrected chi connectivity index (χ4v) is 4.16. The summed E-state index contributed by atoms with van der Waals surface area (Å²) < 4.78 is 12.7. The summed E-state index contributed by atoms with van der Waals surface area (Å²) in [7, 11) is 0. The van der Waals surface area contributed by atoms with Crippen LogP contribution in [0.15, 0.2) is 30.3 Å². The third kappa shape index (κ3) is 2.52. The molecule has 0 bridgehead atoms. The lowest BCUT2D eigenvalue weighted by molar-refractivity contribution is -0.221. The molecule has 0 unspecified atom stereocenters. The van der Waals surface area contributed by atoms with Gasteiger partial charge in [0.25, 0.3) is 0 Å². The predicted octanol–water partition coefficient (Wildman–Crippen LogP) is 3.64. The number of hydrogen-bond donors (Lipinski definition) is 1. The smallest absolute Gasteiger partial charge is 0.180 e. The number of Topliss-reactive ketones (excluding diaryl/α,β-unsaturated/α-hetero) is 1. The van der Waals surface area contributed by atoms with E-state index in [1.165, 1.54) is 0 Å². The van der Waals surface area contributed by atoms with E-state index in [4.69, 9.17) is 9.47 Å². The van der Waals surface area contributed by atoms with Gasteiger partial charge in [0.1, 0.15) is 5.78 Å². The first-order valence-electron chi connectivity index (χ1n) is 8.79. The quantitative estimate of drug-likeness (QED) is 0.918. The molecule has 1 saturated heterocycles. The molecule has 0 aromatic heterocycles. The second kappa shape index (κ2) is 5.65. The number of ether oxygens (including phenoxy) is 2. The van der Waals surface area contributed by atoms with E-state index in [9.17, 15) is 9.90 Å². The number of ketones is 1. The van der Waals surface area contributed by atoms with E-state index < -0.39 is 29.0 Å². The van der Waals surface area contributed by atoms with E-state index >= 15 is 0 Å². The Balaban J connectivity index is 1.96. The lowest BCUT2D eigenvalue weighted by atomic mass is 9.83. The lowest BCUT2D eigenvalue weighted by Crippen LogP contribution is -2.41. The number of aliphatic hydroxyl groups excluding tert-OH is 1. The molecule has 2 aliphatic rings. The molecule has 1 aromatic rings. The second-order valence-corrected chi connectivity index (χ2v) is 8.08. The Kier molecular flexibility index (Phi) is 4.14. The Morgan fingerprint density at radius 2 is 1.67 bits per heavy atom. The van der Waals surface area contributed by atoms with Crippen molar-refractivity contribution in [1.29, 1.82) is 0 Å². The maximum Gasteiger partial charge on any atom is 0.180 e. The molecule has 1 spiro atoms. The van der Waals surface area contributed by atoms with E-state index in [0.29, 0.717) is 6.42 Å². The van der Waals surface area contributed by atoms with Crippen molar-refractivity contribution in [3.05, 3.63) is 35.9 Å². The first-order chi connectivity index (χ1) is 11.1. The van der Waals surface area contributed by atoms with Crippen LogP contribution >= 0.6 is 0 Å². The van der Waals surface area contributed by atoms with Crippen LogP contribution in [0, 0.1) is 11.8 Å². The summed E-state index contributed by atoms with van der Waals surface area (Å²) in [6, 6.07) is 9.38. The highest BCUT2D eigenvalue weighted by Gasteiger charge is 2.66. The Hall–Kier alpha value is -1.23. The van der Waals surface area contributed by atoms with Crippen molar-refractivity contribution in [2.45, 2.75) is 70.6 Å². The molecule has 0 amide bonds. The first kappa shape index (κ1) is 17.6. The monoisotopic (exact) mass is 332 g/mol. The van der Waals surface area contributed by atoms with Crippen LogP contribution in [-0.2, 0) is 14.3 Å². The van der Waals surface area contributed by atoms with Gasteiger partial charge in [-0.25, -0.2) is 0 Å². The fourth-order valence-electron chi connectivity index (χ4n) is 4.16. The molecule has 0 radical (unpaired) electrons. The largest absolute Gasteiger partial charge is 0.388 e. The molecule has 3 rings (SSSR count). The van der Waals surface area contributed by atoms with Crippen molar-refractivity contribution >= 4 is 5.78 Å². The Morgan fingerprint density at radius 3 is 2.17 bits per heavy atom. The summed E-state index contributed by atoms with van der Waals surface area (Å²) in [6.45, 7) is 10.0. The van der Waals surface area contributed by atoms with Gasteiger partial charge < -0.3 is 14.6 Å². The van der Waals surface area contributed by atoms with Crippen LogP contribution in [0.3, 0.4) is 0 Å². The average molecular weight is 332 g/mol. The van der Waals surface area contributed by atoms with Crippen LogP contribution < -0.4 is 0 Å². The molecule has 1 aromatic carbocycles. The van der Waals surface area contributed by atoms with E-state index in [0.717, 1.165) is 5.56 Å². The van der Waals surface area contributed by atoms with Crippen LogP contribution in [0.1, 0.15) is 59.1 Å². The van der Waals surface area contributed by atoms with Gasteiger partial charge in [0.2, 0.25) is 0 Å². The van der Waals surface area contributed by atoms with Crippen LogP contribution in [0.25, 0.3) is 0 Å². The van der Waals surface area contributed by atoms with Gasteiger partial charge >= 0.3 is 0 Å². The second-order valence-electron chi connectivity index (χ2n) is 8.08. The van der Waals surface area contributed by atoms with Gasteiger partial charge in [0.15, 0.2) is 5.79 Å². The van der Waals surface area contributed by atoms with E-state index in [2.05, 4.69) is 0 Å². The Morgan fingerprint density at radius 1 is 1.12 bits per heavy atom. The number of hydrogen-bond acceptors (Lipinski definition) is 4. The van der Waals surface area contributed by atoms with Crippen LogP contribution in [0.5, 0.6) is 0 Å². The van der Waals surface area contributed by atoms with Crippen molar-refractivity contribution in [1.82, 2.24) is 0 Å². The van der Waals surface area contributed by atoms with Gasteiger partial charge in [-0.1, -0.05) is 37.3 Å². The molecule has 1 N–H and O–H groups in total. The molecule has 4 nitrogen and oxygen atoms in total. The van der Waals surface area contributed by atoms with Gasteiger partial charge in [0.05, 0.1) is 29.6 Å². The normalized spacial score (nSPS) is 31.5. The highest BCUT2D eigenvalue weighted by molar-refractivity contribution is 5.85. The van der Waals surface area contributed by atoms with Gasteiger partial charge in [-0.3, -0.25) is 4.79 Å². The number of benzene rings is 1. The minimum atomic E-state index is -0.931. The molecule has 1 aliphatic heterocycles. The number of rotatable bonds is 3. The van der Waals surface area contributed by atoms with E-state index in [1.807, 2.05) is 65.0 Å². The number of aliphatic hydroxyl groups is 1. The maximum atomic E-state index is 12.8. The molecular weight excluding hydrogens is 304 g/mol. The lowest BCUT2D eigenvalue weighted by Gasteiger charge is -2.33. The van der Waals surface area contributed by atoms with Gasteiger partial charge in [0, 0.05) is 5.92 Å². The molecule has 3 atom stereocenters. The van der Waals surface area contributed by atoms with Crippen molar-refractivity contribution < 1.29 is 19.4 Å². The molecule has 4 heteroatoms.